The molecule has 0 aromatic heterocycles. The monoisotopic (exact) mass is 418 g/mol. The summed E-state index contributed by atoms with van der Waals surface area (Å²) in [5.74, 6) is 2.31. The Morgan fingerprint density at radius 1 is 0.710 bits per heavy atom. The van der Waals surface area contributed by atoms with E-state index in [-0.39, 0.29) is 5.96 Å². The summed E-state index contributed by atoms with van der Waals surface area (Å²) in [6.07, 6.45) is 2.33. The predicted octanol–water partition coefficient (Wildman–Crippen LogP) is 3.72. The summed E-state index contributed by atoms with van der Waals surface area (Å²) in [6.45, 7) is 1.66. The fraction of sp³-hybridized carbons (Fsp3) is 0.167. The van der Waals surface area contributed by atoms with Crippen molar-refractivity contribution < 1.29 is 14.2 Å². The van der Waals surface area contributed by atoms with E-state index >= 15 is 0 Å². The number of guanidine groups is 1. The number of benzene rings is 3. The number of nitrogens with two attached hydrogens (primary N) is 2. The molecule has 7 nitrogen and oxygen atoms in total. The molecule has 0 heterocycles. The Bertz CT molecular complexity index is 968. The van der Waals surface area contributed by atoms with Crippen molar-refractivity contribution in [3.8, 4) is 17.2 Å². The maximum absolute atomic E-state index is 5.78. The molecule has 0 aliphatic rings. The average Bonchev–Trinajstić information content (AvgIpc) is 2.80. The molecule has 0 amide bonds. The fourth-order valence-electron chi connectivity index (χ4n) is 2.62. The highest BCUT2D eigenvalue weighted by Gasteiger charge is 1.99. The molecule has 3 aromatic rings. The van der Waals surface area contributed by atoms with Crippen LogP contribution in [0.5, 0.6) is 17.2 Å². The molecule has 0 bridgehead atoms. The molecule has 0 spiro atoms. The van der Waals surface area contributed by atoms with Crippen LogP contribution < -0.4 is 25.7 Å². The Hall–Kier alpha value is -4.00. The molecule has 4 N–H and O–H groups in total. The summed E-state index contributed by atoms with van der Waals surface area (Å²) < 4.78 is 17.3. The Morgan fingerprint density at radius 3 is 1.84 bits per heavy atom. The van der Waals surface area contributed by atoms with E-state index in [4.69, 9.17) is 25.7 Å². The fourth-order valence-corrected chi connectivity index (χ4v) is 2.62. The van der Waals surface area contributed by atoms with E-state index in [1.807, 2.05) is 78.9 Å². The van der Waals surface area contributed by atoms with Gasteiger partial charge in [0, 0.05) is 6.42 Å². The van der Waals surface area contributed by atoms with Crippen LogP contribution in [0.25, 0.3) is 0 Å². The van der Waals surface area contributed by atoms with Crippen molar-refractivity contribution in [1.82, 2.24) is 0 Å². The van der Waals surface area contributed by atoms with Gasteiger partial charge in [0.25, 0.3) is 0 Å². The zero-order valence-corrected chi connectivity index (χ0v) is 17.2. The molecule has 0 unspecified atom stereocenters. The number of nitrogens with zero attached hydrogens (tertiary/aromatic N) is 2. The van der Waals surface area contributed by atoms with Crippen LogP contribution in [-0.4, -0.2) is 25.4 Å². The summed E-state index contributed by atoms with van der Waals surface area (Å²) >= 11 is 0. The van der Waals surface area contributed by atoms with Gasteiger partial charge in [0.15, 0.2) is 0 Å². The van der Waals surface area contributed by atoms with E-state index in [0.29, 0.717) is 19.8 Å². The van der Waals surface area contributed by atoms with Crippen LogP contribution in [-0.2, 0) is 6.61 Å². The highest BCUT2D eigenvalue weighted by Crippen LogP contribution is 2.19. The molecule has 0 saturated carbocycles. The molecule has 0 aliphatic heterocycles. The maximum Gasteiger partial charge on any atom is 0.211 e. The number of hydrogen-bond acceptors (Lipinski definition) is 5. The molecular formula is C24H26N4O3. The molecule has 3 aromatic carbocycles. The summed E-state index contributed by atoms with van der Waals surface area (Å²) in [5, 5.41) is 7.32. The van der Waals surface area contributed by atoms with Gasteiger partial charge < -0.3 is 25.7 Å². The first-order chi connectivity index (χ1) is 15.2. The Morgan fingerprint density at radius 2 is 1.26 bits per heavy atom. The van der Waals surface area contributed by atoms with E-state index in [1.165, 1.54) is 0 Å². The van der Waals surface area contributed by atoms with Gasteiger partial charge in [-0.05, 0) is 59.7 Å². The van der Waals surface area contributed by atoms with E-state index in [0.717, 1.165) is 34.8 Å². The van der Waals surface area contributed by atoms with E-state index < -0.39 is 0 Å². The molecule has 0 saturated heterocycles. The van der Waals surface area contributed by atoms with Gasteiger partial charge in [-0.3, -0.25) is 0 Å². The second kappa shape index (κ2) is 11.9. The van der Waals surface area contributed by atoms with Crippen LogP contribution in [0.1, 0.15) is 17.5 Å². The number of ether oxygens (including phenoxy) is 3. The van der Waals surface area contributed by atoms with E-state index in [2.05, 4.69) is 10.2 Å². The lowest BCUT2D eigenvalue weighted by atomic mass is 10.2. The lowest BCUT2D eigenvalue weighted by molar-refractivity contribution is 0.247. The van der Waals surface area contributed by atoms with E-state index in [9.17, 15) is 0 Å². The first-order valence-corrected chi connectivity index (χ1v) is 9.93. The second-order valence-electron chi connectivity index (χ2n) is 6.63. The first kappa shape index (κ1) is 21.7. The molecule has 0 aliphatic carbocycles. The largest absolute Gasteiger partial charge is 0.493 e. The minimum absolute atomic E-state index is 0.0780. The standard InChI is InChI=1S/C24H26N4O3/c25-24(26)28-27-17-19-7-9-21(10-8-19)29-15-4-16-30-22-11-13-23(14-12-22)31-18-20-5-2-1-3-6-20/h1-3,5-14,17H,4,15-16,18H2,(H4,25,26,28). The Labute approximate surface area is 182 Å². The summed E-state index contributed by atoms with van der Waals surface area (Å²) in [5.41, 5.74) is 12.4. The lowest BCUT2D eigenvalue weighted by Gasteiger charge is -2.10. The lowest BCUT2D eigenvalue weighted by Crippen LogP contribution is -2.21. The third-order valence-electron chi connectivity index (χ3n) is 4.16. The molecule has 0 fully saturated rings. The third kappa shape index (κ3) is 8.10. The van der Waals surface area contributed by atoms with Crippen molar-refractivity contribution in [2.75, 3.05) is 13.2 Å². The van der Waals surface area contributed by atoms with Gasteiger partial charge in [0.1, 0.15) is 23.9 Å². The number of rotatable bonds is 11. The normalized spacial score (nSPS) is 10.6. The highest BCUT2D eigenvalue weighted by molar-refractivity contribution is 5.81. The van der Waals surface area contributed by atoms with Crippen molar-refractivity contribution in [2.24, 2.45) is 21.7 Å². The second-order valence-corrected chi connectivity index (χ2v) is 6.63. The third-order valence-corrected chi connectivity index (χ3v) is 4.16. The topological polar surface area (TPSA) is 104 Å². The van der Waals surface area contributed by atoms with Gasteiger partial charge in [-0.25, -0.2) is 0 Å². The first-order valence-electron chi connectivity index (χ1n) is 9.93. The van der Waals surface area contributed by atoms with Crippen LogP contribution in [0.3, 0.4) is 0 Å². The maximum atomic E-state index is 5.78. The van der Waals surface area contributed by atoms with Crippen LogP contribution in [0.2, 0.25) is 0 Å². The zero-order chi connectivity index (χ0) is 21.7. The minimum atomic E-state index is -0.0780. The van der Waals surface area contributed by atoms with Gasteiger partial charge in [-0.2, -0.15) is 5.10 Å². The minimum Gasteiger partial charge on any atom is -0.493 e. The smallest absolute Gasteiger partial charge is 0.211 e. The molecule has 160 valence electrons. The highest BCUT2D eigenvalue weighted by atomic mass is 16.5. The van der Waals surface area contributed by atoms with Crippen LogP contribution in [0, 0.1) is 0 Å². The van der Waals surface area contributed by atoms with Gasteiger partial charge in [0.05, 0.1) is 19.4 Å². The van der Waals surface area contributed by atoms with Crippen molar-refractivity contribution in [3.63, 3.8) is 0 Å². The molecule has 3 rings (SSSR count). The van der Waals surface area contributed by atoms with E-state index in [1.54, 1.807) is 6.21 Å². The van der Waals surface area contributed by atoms with Crippen LogP contribution >= 0.6 is 0 Å². The molecule has 7 heteroatoms. The van der Waals surface area contributed by atoms with Crippen molar-refractivity contribution in [2.45, 2.75) is 13.0 Å². The van der Waals surface area contributed by atoms with Crippen molar-refractivity contribution in [3.05, 3.63) is 90.0 Å². The quantitative estimate of drug-likeness (QED) is 0.214. The summed E-state index contributed by atoms with van der Waals surface area (Å²) in [6, 6.07) is 25.2. The van der Waals surface area contributed by atoms with Gasteiger partial charge in [-0.1, -0.05) is 30.3 Å². The molecule has 0 atom stereocenters. The van der Waals surface area contributed by atoms with Crippen molar-refractivity contribution in [1.29, 1.82) is 0 Å². The Balaban J connectivity index is 1.32. The van der Waals surface area contributed by atoms with Gasteiger partial charge in [0.2, 0.25) is 5.96 Å². The van der Waals surface area contributed by atoms with Crippen molar-refractivity contribution >= 4 is 12.2 Å². The summed E-state index contributed by atoms with van der Waals surface area (Å²) in [7, 11) is 0. The zero-order valence-electron chi connectivity index (χ0n) is 17.2. The predicted molar refractivity (Wildman–Crippen MR) is 123 cm³/mol. The molecular weight excluding hydrogens is 392 g/mol. The number of hydrogen-bond donors (Lipinski definition) is 2. The van der Waals surface area contributed by atoms with Crippen LogP contribution in [0.4, 0.5) is 0 Å². The van der Waals surface area contributed by atoms with Gasteiger partial charge >= 0.3 is 0 Å². The Kier molecular flexibility index (Phi) is 8.31. The molecule has 31 heavy (non-hydrogen) atoms. The van der Waals surface area contributed by atoms with Gasteiger partial charge in [-0.15, -0.1) is 5.10 Å². The summed E-state index contributed by atoms with van der Waals surface area (Å²) in [4.78, 5) is 0. The SMILES string of the molecule is NC(N)=NN=Cc1ccc(OCCCOc2ccc(OCc3ccccc3)cc2)cc1. The molecule has 0 radical (unpaired) electrons. The van der Waals surface area contributed by atoms with Crippen LogP contribution in [0.15, 0.2) is 89.1 Å². The average molecular weight is 418 g/mol.